The number of sulfone groups is 1. The molecule has 0 aromatic heterocycles. The average Bonchev–Trinajstić information content (AvgIpc) is 2.48. The highest BCUT2D eigenvalue weighted by molar-refractivity contribution is 7.91. The monoisotopic (exact) mass is 310 g/mol. The number of nitrogens with one attached hydrogen (secondary N) is 1. The summed E-state index contributed by atoms with van der Waals surface area (Å²) in [5.41, 5.74) is 1.24. The van der Waals surface area contributed by atoms with Crippen LogP contribution in [0.1, 0.15) is 25.8 Å². The van der Waals surface area contributed by atoms with E-state index < -0.39 is 9.84 Å². The van der Waals surface area contributed by atoms with Crippen molar-refractivity contribution in [1.29, 1.82) is 0 Å². The zero-order valence-corrected chi connectivity index (χ0v) is 13.8. The van der Waals surface area contributed by atoms with Crippen LogP contribution < -0.4 is 5.32 Å². The van der Waals surface area contributed by atoms with Gasteiger partial charge in [-0.1, -0.05) is 37.3 Å². The lowest BCUT2D eigenvalue weighted by Gasteiger charge is -2.42. The second-order valence-corrected chi connectivity index (χ2v) is 8.46. The third-order valence-electron chi connectivity index (χ3n) is 4.26. The molecule has 1 fully saturated rings. The predicted octanol–water partition coefficient (Wildman–Crippen LogP) is 1.63. The van der Waals surface area contributed by atoms with E-state index >= 15 is 0 Å². The van der Waals surface area contributed by atoms with Gasteiger partial charge in [-0.2, -0.15) is 0 Å². The quantitative estimate of drug-likeness (QED) is 0.868. The Balaban J connectivity index is 1.92. The van der Waals surface area contributed by atoms with Crippen molar-refractivity contribution >= 4 is 9.84 Å². The second kappa shape index (κ2) is 6.90. The molecule has 1 heterocycles. The highest BCUT2D eigenvalue weighted by Gasteiger charge is 2.31. The minimum absolute atomic E-state index is 0.0524. The van der Waals surface area contributed by atoms with E-state index in [-0.39, 0.29) is 11.3 Å². The molecule has 4 nitrogen and oxygen atoms in total. The fraction of sp³-hybridized carbons (Fsp3) is 0.625. The maximum absolute atomic E-state index is 11.6. The van der Waals surface area contributed by atoms with Gasteiger partial charge in [0.1, 0.15) is 9.84 Å². The van der Waals surface area contributed by atoms with Crippen LogP contribution >= 0.6 is 0 Å². The zero-order chi connectivity index (χ0) is 15.3. The van der Waals surface area contributed by atoms with E-state index in [1.165, 1.54) is 5.56 Å². The number of nitrogens with zero attached hydrogens (tertiary/aromatic N) is 1. The largest absolute Gasteiger partial charge is 0.305 e. The molecule has 21 heavy (non-hydrogen) atoms. The summed E-state index contributed by atoms with van der Waals surface area (Å²) in [6.07, 6.45) is 0.723. The van der Waals surface area contributed by atoms with Crippen molar-refractivity contribution < 1.29 is 8.42 Å². The van der Waals surface area contributed by atoms with Crippen LogP contribution in [0.15, 0.2) is 30.3 Å². The molecule has 1 aliphatic heterocycles. The van der Waals surface area contributed by atoms with Crippen LogP contribution in [-0.4, -0.2) is 51.0 Å². The van der Waals surface area contributed by atoms with Crippen molar-refractivity contribution in [2.24, 2.45) is 0 Å². The van der Waals surface area contributed by atoms with Crippen LogP contribution in [0.3, 0.4) is 0 Å². The molecular formula is C16H26N2O2S. The van der Waals surface area contributed by atoms with Crippen LogP contribution in [0.25, 0.3) is 0 Å². The van der Waals surface area contributed by atoms with E-state index in [2.05, 4.69) is 41.4 Å². The number of piperazine rings is 1. The lowest BCUT2D eigenvalue weighted by atomic mass is 9.89. The second-order valence-electron chi connectivity index (χ2n) is 5.99. The molecule has 1 aromatic carbocycles. The molecule has 1 aliphatic rings. The topological polar surface area (TPSA) is 49.4 Å². The van der Waals surface area contributed by atoms with Crippen molar-refractivity contribution in [2.75, 3.05) is 37.7 Å². The zero-order valence-electron chi connectivity index (χ0n) is 13.0. The van der Waals surface area contributed by atoms with Crippen LogP contribution in [0.5, 0.6) is 0 Å². The number of hydrogen-bond acceptors (Lipinski definition) is 4. The molecule has 0 saturated carbocycles. The highest BCUT2D eigenvalue weighted by atomic mass is 32.2. The van der Waals surface area contributed by atoms with Crippen molar-refractivity contribution in [3.8, 4) is 0 Å². The lowest BCUT2D eigenvalue weighted by molar-refractivity contribution is 0.143. The summed E-state index contributed by atoms with van der Waals surface area (Å²) in [4.78, 5) is 2.37. The highest BCUT2D eigenvalue weighted by Crippen LogP contribution is 2.24. The SMILES string of the molecule is CCS(=O)(=O)CCCN1CCNC(C)(c2ccccc2)C1. The van der Waals surface area contributed by atoms with E-state index in [4.69, 9.17) is 0 Å². The summed E-state index contributed by atoms with van der Waals surface area (Å²) in [5.74, 6) is 0.547. The number of rotatable bonds is 6. The molecule has 1 atom stereocenters. The maximum Gasteiger partial charge on any atom is 0.150 e. The van der Waals surface area contributed by atoms with Crippen molar-refractivity contribution in [3.63, 3.8) is 0 Å². The minimum Gasteiger partial charge on any atom is -0.305 e. The van der Waals surface area contributed by atoms with Crippen LogP contribution in [-0.2, 0) is 15.4 Å². The molecule has 1 N–H and O–H groups in total. The maximum atomic E-state index is 11.6. The molecule has 0 spiro atoms. The third-order valence-corrected chi connectivity index (χ3v) is 6.05. The first kappa shape index (κ1) is 16.5. The van der Waals surface area contributed by atoms with Crippen molar-refractivity contribution in [3.05, 3.63) is 35.9 Å². The van der Waals surface area contributed by atoms with Gasteiger partial charge in [-0.25, -0.2) is 8.42 Å². The fourth-order valence-corrected chi connectivity index (χ4v) is 3.77. The molecule has 1 aromatic rings. The van der Waals surface area contributed by atoms with E-state index in [9.17, 15) is 8.42 Å². The number of benzene rings is 1. The normalized spacial score (nSPS) is 24.1. The Hall–Kier alpha value is -0.910. The van der Waals surface area contributed by atoms with Crippen LogP contribution in [0.4, 0.5) is 0 Å². The Bertz CT molecular complexity index is 545. The Morgan fingerprint density at radius 1 is 1.29 bits per heavy atom. The molecular weight excluding hydrogens is 284 g/mol. The standard InChI is InChI=1S/C16H26N2O2S/c1-3-21(19,20)13-7-11-18-12-10-17-16(2,14-18)15-8-5-4-6-9-15/h4-6,8-9,17H,3,7,10-14H2,1-2H3. The smallest absolute Gasteiger partial charge is 0.150 e. The predicted molar refractivity (Wildman–Crippen MR) is 87.2 cm³/mol. The Kier molecular flexibility index (Phi) is 5.41. The molecule has 0 bridgehead atoms. The van der Waals surface area contributed by atoms with Crippen LogP contribution in [0, 0.1) is 0 Å². The molecule has 0 radical (unpaired) electrons. The van der Waals surface area contributed by atoms with Gasteiger partial charge < -0.3 is 5.32 Å². The van der Waals surface area contributed by atoms with Crippen molar-refractivity contribution in [1.82, 2.24) is 10.2 Å². The summed E-state index contributed by atoms with van der Waals surface area (Å²) in [7, 11) is -2.84. The van der Waals surface area contributed by atoms with E-state index in [0.717, 1.165) is 32.6 Å². The summed E-state index contributed by atoms with van der Waals surface area (Å²) in [6, 6.07) is 10.5. The molecule has 5 heteroatoms. The summed E-state index contributed by atoms with van der Waals surface area (Å²) in [6.45, 7) is 7.62. The van der Waals surface area contributed by atoms with Gasteiger partial charge in [0, 0.05) is 25.4 Å². The van der Waals surface area contributed by atoms with Gasteiger partial charge in [0.05, 0.1) is 11.3 Å². The van der Waals surface area contributed by atoms with E-state index in [1.807, 2.05) is 6.07 Å². The lowest BCUT2D eigenvalue weighted by Crippen LogP contribution is -2.56. The first-order valence-corrected chi connectivity index (χ1v) is 9.51. The molecule has 1 saturated heterocycles. The molecule has 118 valence electrons. The van der Waals surface area contributed by atoms with Gasteiger partial charge in [-0.15, -0.1) is 0 Å². The van der Waals surface area contributed by atoms with Gasteiger partial charge in [0.2, 0.25) is 0 Å². The van der Waals surface area contributed by atoms with E-state index in [0.29, 0.717) is 5.75 Å². The van der Waals surface area contributed by atoms with Gasteiger partial charge in [-0.05, 0) is 25.5 Å². The summed E-state index contributed by atoms with van der Waals surface area (Å²) < 4.78 is 23.1. The molecule has 0 aliphatic carbocycles. The molecule has 1 unspecified atom stereocenters. The number of hydrogen-bond donors (Lipinski definition) is 1. The Morgan fingerprint density at radius 3 is 2.67 bits per heavy atom. The van der Waals surface area contributed by atoms with E-state index in [1.54, 1.807) is 6.92 Å². The minimum atomic E-state index is -2.84. The van der Waals surface area contributed by atoms with Gasteiger partial charge in [0.15, 0.2) is 0 Å². The Morgan fingerprint density at radius 2 is 2.00 bits per heavy atom. The fourth-order valence-electron chi connectivity index (χ4n) is 2.91. The van der Waals surface area contributed by atoms with Gasteiger partial charge in [-0.3, -0.25) is 4.90 Å². The molecule has 0 amide bonds. The van der Waals surface area contributed by atoms with Gasteiger partial charge in [0.25, 0.3) is 0 Å². The average molecular weight is 310 g/mol. The van der Waals surface area contributed by atoms with Crippen LogP contribution in [0.2, 0.25) is 0 Å². The third kappa shape index (κ3) is 4.53. The van der Waals surface area contributed by atoms with Crippen molar-refractivity contribution in [2.45, 2.75) is 25.8 Å². The Labute approximate surface area is 128 Å². The summed E-state index contributed by atoms with van der Waals surface area (Å²) in [5, 5.41) is 3.60. The first-order valence-electron chi connectivity index (χ1n) is 7.68. The first-order chi connectivity index (χ1) is 9.95. The summed E-state index contributed by atoms with van der Waals surface area (Å²) >= 11 is 0. The van der Waals surface area contributed by atoms with Gasteiger partial charge >= 0.3 is 0 Å². The molecule has 2 rings (SSSR count).